The summed E-state index contributed by atoms with van der Waals surface area (Å²) < 4.78 is 68.6. The molecular formula is C93H148O17P2. The van der Waals surface area contributed by atoms with Gasteiger partial charge in [0.2, 0.25) is 0 Å². The Hall–Kier alpha value is -6.36. The number of carbonyl (C=O) groups is 4. The molecule has 0 aromatic heterocycles. The Kier molecular flexibility index (Phi) is 77.9. The Balaban J connectivity index is 5.56. The first-order valence-electron chi connectivity index (χ1n) is 42.3. The number of phosphoric acid groups is 2. The molecule has 0 heterocycles. The van der Waals surface area contributed by atoms with Gasteiger partial charge in [-0.25, -0.2) is 9.13 Å². The van der Waals surface area contributed by atoms with Gasteiger partial charge < -0.3 is 33.8 Å². The number of allylic oxidation sites excluding steroid dienone is 34. The fourth-order valence-electron chi connectivity index (χ4n) is 10.5. The van der Waals surface area contributed by atoms with E-state index in [0.29, 0.717) is 38.5 Å². The highest BCUT2D eigenvalue weighted by Crippen LogP contribution is 2.45. The van der Waals surface area contributed by atoms with Crippen molar-refractivity contribution in [3.63, 3.8) is 0 Å². The van der Waals surface area contributed by atoms with E-state index < -0.39 is 97.5 Å². The number of hydrogen-bond acceptors (Lipinski definition) is 15. The molecule has 0 aliphatic carbocycles. The molecule has 0 fully saturated rings. The summed E-state index contributed by atoms with van der Waals surface area (Å²) in [4.78, 5) is 73.2. The van der Waals surface area contributed by atoms with Gasteiger partial charge in [-0.3, -0.25) is 37.3 Å². The highest BCUT2D eigenvalue weighted by atomic mass is 31.2. The van der Waals surface area contributed by atoms with E-state index in [4.69, 9.17) is 37.0 Å². The summed E-state index contributed by atoms with van der Waals surface area (Å²) in [6.45, 7) is 4.32. The van der Waals surface area contributed by atoms with E-state index in [1.54, 1.807) is 0 Å². The summed E-state index contributed by atoms with van der Waals surface area (Å²) in [5.41, 5.74) is 0. The number of aliphatic hydroxyl groups is 1. The van der Waals surface area contributed by atoms with Gasteiger partial charge in [-0.2, -0.15) is 0 Å². The van der Waals surface area contributed by atoms with Crippen LogP contribution in [0.4, 0.5) is 0 Å². The molecule has 0 aliphatic rings. The van der Waals surface area contributed by atoms with Crippen LogP contribution in [-0.4, -0.2) is 96.7 Å². The topological polar surface area (TPSA) is 237 Å². The lowest BCUT2D eigenvalue weighted by Gasteiger charge is -2.21. The molecule has 0 aromatic rings. The second-order valence-corrected chi connectivity index (χ2v) is 30.2. The number of unbranched alkanes of at least 4 members (excludes halogenated alkanes) is 17. The second kappa shape index (κ2) is 82.6. The van der Waals surface area contributed by atoms with E-state index in [1.165, 1.54) is 64.2 Å². The highest BCUT2D eigenvalue weighted by molar-refractivity contribution is 7.47. The Morgan fingerprint density at radius 1 is 0.259 bits per heavy atom. The number of carbonyl (C=O) groups excluding carboxylic acids is 4. The Morgan fingerprint density at radius 3 is 0.786 bits per heavy atom. The Morgan fingerprint density at radius 2 is 0.482 bits per heavy atom. The monoisotopic (exact) mass is 1600 g/mol. The fraction of sp³-hybridized carbons (Fsp3) is 0.591. The van der Waals surface area contributed by atoms with Crippen molar-refractivity contribution >= 4 is 39.5 Å². The lowest BCUT2D eigenvalue weighted by molar-refractivity contribution is -0.161. The molecule has 0 rings (SSSR count). The Labute approximate surface area is 678 Å². The first-order valence-corrected chi connectivity index (χ1v) is 45.3. The van der Waals surface area contributed by atoms with Crippen molar-refractivity contribution in [1.29, 1.82) is 0 Å². The van der Waals surface area contributed by atoms with Crippen molar-refractivity contribution in [2.45, 2.75) is 316 Å². The molecule has 0 saturated carbocycles. The van der Waals surface area contributed by atoms with Gasteiger partial charge in [0, 0.05) is 25.7 Å². The van der Waals surface area contributed by atoms with E-state index in [2.05, 4.69) is 198 Å². The molecule has 5 unspecified atom stereocenters. The van der Waals surface area contributed by atoms with E-state index in [-0.39, 0.29) is 25.7 Å². The standard InChI is InChI=1S/C93H148O17P2/c1-5-9-13-17-21-25-29-33-37-40-43-46-50-53-57-61-65-69-73-77-90(95)103-83-88(109-92(97)79-75-71-67-63-59-55-49-36-32-28-24-20-16-12-8-4)85-107-111(99,100)105-81-87(94)82-106-112(101,102)108-86-89(110-93(98)80-76-72-68-64-60-56-52-48-45-42-39-35-31-27-23-19-15-11-7-3)84-104-91(96)78-74-70-66-62-58-54-51-47-44-41-38-34-30-26-22-18-14-10-6-2/h9-11,13-15,21-23,25-27,33-35,37-39,43-48,53-54,56-58,60,66,68,70,72,87-89,94H,5-8,12,16-20,24,28-32,36,40-42,49-52,55,59,61-65,67,69,71,73-86H2,1-4H3,(H,99,100)(H,101,102)/b13-9-,14-10-,15-11-,25-21-,26-22-,27-23-,37-33-,38-34-,39-35-,46-43-,47-44-,48-45-,57-53-,58-54-,60-56-,70-66-,72-68-. The van der Waals surface area contributed by atoms with Gasteiger partial charge in [-0.1, -0.05) is 331 Å². The van der Waals surface area contributed by atoms with Gasteiger partial charge in [0.05, 0.1) is 26.4 Å². The normalized spacial score (nSPS) is 14.8. The van der Waals surface area contributed by atoms with Crippen molar-refractivity contribution < 1.29 is 80.2 Å². The van der Waals surface area contributed by atoms with Crippen LogP contribution < -0.4 is 0 Å². The SMILES string of the molecule is CC/C=C\C/C=C\C/C=C\C/C=C\C/C=C\C/C=C\CCC(=O)OCC(COP(=O)(O)OCC(O)COP(=O)(O)OCC(COC(=O)CCCCC/C=C\C/C=C\C/C=C\C/C=C\C/C=C\CC)OC(=O)CCCCCCCCCCCCCCCCC)OC(=O)CC/C=C\C/C=C\C/C=C\C/C=C\C/C=C\C/C=C\CC. The molecule has 632 valence electrons. The van der Waals surface area contributed by atoms with Crippen LogP contribution in [0.1, 0.15) is 297 Å². The summed E-state index contributed by atoms with van der Waals surface area (Å²) >= 11 is 0. The molecular weight excluding hydrogens is 1450 g/mol. The molecule has 112 heavy (non-hydrogen) atoms. The zero-order valence-corrected chi connectivity index (χ0v) is 71.0. The minimum absolute atomic E-state index is 0.0114. The molecule has 0 aliphatic heterocycles. The van der Waals surface area contributed by atoms with Crippen LogP contribution in [0, 0.1) is 0 Å². The molecule has 0 saturated heterocycles. The van der Waals surface area contributed by atoms with E-state index in [9.17, 15) is 43.2 Å². The van der Waals surface area contributed by atoms with E-state index in [0.717, 1.165) is 141 Å². The lowest BCUT2D eigenvalue weighted by Crippen LogP contribution is -2.30. The molecule has 0 aromatic carbocycles. The minimum Gasteiger partial charge on any atom is -0.462 e. The summed E-state index contributed by atoms with van der Waals surface area (Å²) in [6.07, 6.45) is 104. The second-order valence-electron chi connectivity index (χ2n) is 27.3. The number of aliphatic hydroxyl groups excluding tert-OH is 1. The van der Waals surface area contributed by atoms with Crippen LogP contribution in [0.2, 0.25) is 0 Å². The molecule has 0 bridgehead atoms. The number of hydrogen-bond donors (Lipinski definition) is 3. The van der Waals surface area contributed by atoms with Gasteiger partial charge in [0.25, 0.3) is 0 Å². The van der Waals surface area contributed by atoms with E-state index in [1.807, 2.05) is 36.5 Å². The van der Waals surface area contributed by atoms with Gasteiger partial charge in [-0.05, 0) is 148 Å². The molecule has 0 radical (unpaired) electrons. The van der Waals surface area contributed by atoms with Crippen molar-refractivity contribution in [1.82, 2.24) is 0 Å². The number of ether oxygens (including phenoxy) is 4. The van der Waals surface area contributed by atoms with Crippen LogP contribution >= 0.6 is 15.6 Å². The minimum atomic E-state index is -5.03. The molecule has 5 atom stereocenters. The van der Waals surface area contributed by atoms with Crippen molar-refractivity contribution in [3.05, 3.63) is 207 Å². The van der Waals surface area contributed by atoms with Gasteiger partial charge in [0.1, 0.15) is 19.3 Å². The summed E-state index contributed by atoms with van der Waals surface area (Å²) in [5.74, 6) is -2.42. The maximum atomic E-state index is 13.1. The van der Waals surface area contributed by atoms with Gasteiger partial charge in [-0.15, -0.1) is 0 Å². The van der Waals surface area contributed by atoms with Crippen molar-refractivity contribution in [2.75, 3.05) is 39.6 Å². The molecule has 3 N–H and O–H groups in total. The predicted octanol–water partition coefficient (Wildman–Crippen LogP) is 25.4. The van der Waals surface area contributed by atoms with Gasteiger partial charge in [0.15, 0.2) is 12.2 Å². The zero-order chi connectivity index (χ0) is 81.7. The first-order chi connectivity index (χ1) is 54.7. The fourth-order valence-corrected chi connectivity index (χ4v) is 12.1. The molecule has 0 spiro atoms. The molecule has 19 heteroatoms. The third kappa shape index (κ3) is 81.6. The average molecular weight is 1600 g/mol. The number of esters is 4. The first kappa shape index (κ1) is 106. The Bertz CT molecular complexity index is 2940. The van der Waals surface area contributed by atoms with Crippen LogP contribution in [0.25, 0.3) is 0 Å². The largest absolute Gasteiger partial charge is 0.472 e. The van der Waals surface area contributed by atoms with Crippen LogP contribution in [0.5, 0.6) is 0 Å². The lowest BCUT2D eigenvalue weighted by atomic mass is 10.0. The number of phosphoric ester groups is 2. The average Bonchev–Trinajstić information content (AvgIpc) is 0.898. The number of rotatable bonds is 77. The summed E-state index contributed by atoms with van der Waals surface area (Å²) in [6, 6.07) is 0. The summed E-state index contributed by atoms with van der Waals surface area (Å²) in [7, 11) is -10.0. The van der Waals surface area contributed by atoms with Crippen LogP contribution in [0.3, 0.4) is 0 Å². The maximum absolute atomic E-state index is 13.1. The molecule has 0 amide bonds. The van der Waals surface area contributed by atoms with Crippen molar-refractivity contribution in [2.24, 2.45) is 0 Å². The molecule has 17 nitrogen and oxygen atoms in total. The van der Waals surface area contributed by atoms with Crippen LogP contribution in [0.15, 0.2) is 207 Å². The quantitative estimate of drug-likeness (QED) is 0.0169. The van der Waals surface area contributed by atoms with Crippen LogP contribution in [-0.2, 0) is 65.4 Å². The third-order valence-electron chi connectivity index (χ3n) is 16.8. The predicted molar refractivity (Wildman–Crippen MR) is 463 cm³/mol. The smallest absolute Gasteiger partial charge is 0.462 e. The van der Waals surface area contributed by atoms with Crippen molar-refractivity contribution in [3.8, 4) is 0 Å². The zero-order valence-electron chi connectivity index (χ0n) is 69.3. The summed E-state index contributed by atoms with van der Waals surface area (Å²) in [5, 5.41) is 10.7. The maximum Gasteiger partial charge on any atom is 0.472 e. The third-order valence-corrected chi connectivity index (χ3v) is 18.7. The van der Waals surface area contributed by atoms with Gasteiger partial charge >= 0.3 is 39.5 Å². The highest BCUT2D eigenvalue weighted by Gasteiger charge is 2.30. The van der Waals surface area contributed by atoms with E-state index >= 15 is 0 Å².